The number of piperazine rings is 1. The molecule has 0 saturated carbocycles. The van der Waals surface area contributed by atoms with E-state index in [2.05, 4.69) is 37.5 Å². The molecule has 1 fully saturated rings. The lowest BCUT2D eigenvalue weighted by Crippen LogP contribution is -2.47. The van der Waals surface area contributed by atoms with Gasteiger partial charge in [-0.1, -0.05) is 12.1 Å². The summed E-state index contributed by atoms with van der Waals surface area (Å²) in [4.78, 5) is 43.8. The minimum absolute atomic E-state index is 0.0735. The zero-order valence-corrected chi connectivity index (χ0v) is 23.7. The Bertz CT molecular complexity index is 1520. The average Bonchev–Trinajstić information content (AvgIpc) is 3.29. The lowest BCUT2D eigenvalue weighted by atomic mass is 9.98. The molecule has 2 aliphatic rings. The zero-order valence-electron chi connectivity index (χ0n) is 23.7. The molecule has 0 aromatic heterocycles. The monoisotopic (exact) mass is 572 g/mol. The number of nitrogens with one attached hydrogen (secondary N) is 3. The maximum Gasteiger partial charge on any atom is 0.411 e. The predicted molar refractivity (Wildman–Crippen MR) is 162 cm³/mol. The molecule has 0 unspecified atom stereocenters. The van der Waals surface area contributed by atoms with Gasteiger partial charge in [-0.05, 0) is 67.2 Å². The number of carbonyl (C=O) groups excluding carboxylic acids is 3. The fourth-order valence-electron chi connectivity index (χ4n) is 5.07. The van der Waals surface area contributed by atoms with Crippen molar-refractivity contribution in [3.8, 4) is 0 Å². The molecule has 2 heterocycles. The molecular weight excluding hydrogens is 539 g/mol. The van der Waals surface area contributed by atoms with Gasteiger partial charge in [0.2, 0.25) is 5.91 Å². The topological polar surface area (TPSA) is 106 Å². The summed E-state index contributed by atoms with van der Waals surface area (Å²) < 4.78 is 18.6. The Hall–Kier alpha value is -4.74. The van der Waals surface area contributed by atoms with E-state index in [1.807, 2.05) is 36.2 Å². The molecule has 5 rings (SSSR count). The number of fused-ring (bicyclic) bond motifs is 1. The van der Waals surface area contributed by atoms with E-state index < -0.39 is 11.9 Å². The van der Waals surface area contributed by atoms with E-state index in [1.165, 1.54) is 19.2 Å². The number of ether oxygens (including phenoxy) is 1. The van der Waals surface area contributed by atoms with Gasteiger partial charge in [-0.25, -0.2) is 9.18 Å². The molecule has 0 radical (unpaired) electrons. The van der Waals surface area contributed by atoms with Crippen LogP contribution in [-0.2, 0) is 14.3 Å². The first kappa shape index (κ1) is 28.8. The Kier molecular flexibility index (Phi) is 8.51. The largest absolute Gasteiger partial charge is 0.453 e. The third-order valence-electron chi connectivity index (χ3n) is 7.39. The Balaban J connectivity index is 1.42. The molecule has 218 valence electrons. The minimum Gasteiger partial charge on any atom is -0.453 e. The average molecular weight is 573 g/mol. The number of benzene rings is 3. The summed E-state index contributed by atoms with van der Waals surface area (Å²) in [6, 6.07) is 18.5. The Morgan fingerprint density at radius 2 is 1.60 bits per heavy atom. The molecule has 3 amide bonds. The van der Waals surface area contributed by atoms with Crippen molar-refractivity contribution in [2.75, 3.05) is 74.8 Å². The molecule has 0 aliphatic carbocycles. The van der Waals surface area contributed by atoms with Gasteiger partial charge in [0.05, 0.1) is 30.6 Å². The van der Waals surface area contributed by atoms with Gasteiger partial charge in [-0.2, -0.15) is 0 Å². The number of carbonyl (C=O) groups is 3. The van der Waals surface area contributed by atoms with Crippen molar-refractivity contribution in [1.82, 2.24) is 9.80 Å². The van der Waals surface area contributed by atoms with Crippen molar-refractivity contribution in [3.63, 3.8) is 0 Å². The Morgan fingerprint density at radius 1 is 0.952 bits per heavy atom. The smallest absolute Gasteiger partial charge is 0.411 e. The quantitative estimate of drug-likeness (QED) is 0.366. The molecule has 1 saturated heterocycles. The molecule has 3 aromatic rings. The fraction of sp³-hybridized carbons (Fsp3) is 0.258. The minimum atomic E-state index is -0.597. The predicted octanol–water partition coefficient (Wildman–Crippen LogP) is 4.15. The van der Waals surface area contributed by atoms with Crippen LogP contribution in [0.3, 0.4) is 0 Å². The molecule has 2 aliphatic heterocycles. The van der Waals surface area contributed by atoms with Gasteiger partial charge in [0.1, 0.15) is 5.82 Å². The third-order valence-corrected chi connectivity index (χ3v) is 7.39. The lowest BCUT2D eigenvalue weighted by molar-refractivity contribution is -0.117. The van der Waals surface area contributed by atoms with Crippen LogP contribution in [0, 0.1) is 5.82 Å². The number of nitrogens with zero attached hydrogens (tertiary/aromatic N) is 3. The molecule has 0 bridgehead atoms. The second kappa shape index (κ2) is 12.4. The van der Waals surface area contributed by atoms with Crippen LogP contribution in [0.2, 0.25) is 0 Å². The second-order valence-corrected chi connectivity index (χ2v) is 10.3. The number of rotatable bonds is 7. The second-order valence-electron chi connectivity index (χ2n) is 10.3. The lowest BCUT2D eigenvalue weighted by Gasteiger charge is -2.31. The number of methoxy groups -OCH3 is 1. The number of amides is 3. The van der Waals surface area contributed by atoms with E-state index in [4.69, 9.17) is 0 Å². The van der Waals surface area contributed by atoms with Gasteiger partial charge >= 0.3 is 6.09 Å². The van der Waals surface area contributed by atoms with Crippen molar-refractivity contribution in [2.45, 2.75) is 0 Å². The molecule has 3 N–H and O–H groups in total. The van der Waals surface area contributed by atoms with Gasteiger partial charge in [0, 0.05) is 55.9 Å². The SMILES string of the molecule is COC(=O)Nc1ccc(C(=C2C(=O)Nc3cc(F)ccc32)N(C)c2ccc(NC(=O)CN3CCN(C)CC3)cc2)cc1. The summed E-state index contributed by atoms with van der Waals surface area (Å²) in [6.07, 6.45) is -0.597. The summed E-state index contributed by atoms with van der Waals surface area (Å²) in [7, 11) is 5.19. The number of likely N-dealkylation sites (N-methyl/N-ethyl adjacent to an activating group) is 1. The summed E-state index contributed by atoms with van der Waals surface area (Å²) >= 11 is 0. The van der Waals surface area contributed by atoms with Crippen LogP contribution in [0.5, 0.6) is 0 Å². The first-order valence-electron chi connectivity index (χ1n) is 13.6. The van der Waals surface area contributed by atoms with Gasteiger partial charge < -0.3 is 25.2 Å². The maximum atomic E-state index is 14.0. The highest BCUT2D eigenvalue weighted by Gasteiger charge is 2.30. The summed E-state index contributed by atoms with van der Waals surface area (Å²) in [5.41, 5.74) is 4.57. The van der Waals surface area contributed by atoms with Crippen molar-refractivity contribution < 1.29 is 23.5 Å². The van der Waals surface area contributed by atoms with Gasteiger partial charge in [-0.15, -0.1) is 0 Å². The van der Waals surface area contributed by atoms with Crippen molar-refractivity contribution in [3.05, 3.63) is 83.7 Å². The van der Waals surface area contributed by atoms with Crippen LogP contribution in [0.4, 0.5) is 31.9 Å². The maximum absolute atomic E-state index is 14.0. The van der Waals surface area contributed by atoms with E-state index in [0.29, 0.717) is 46.0 Å². The number of halogens is 1. The van der Waals surface area contributed by atoms with E-state index >= 15 is 0 Å². The highest BCUT2D eigenvalue weighted by Crippen LogP contribution is 2.40. The molecule has 0 atom stereocenters. The van der Waals surface area contributed by atoms with E-state index in [1.54, 1.807) is 30.3 Å². The highest BCUT2D eigenvalue weighted by molar-refractivity contribution is 6.37. The molecule has 3 aromatic carbocycles. The van der Waals surface area contributed by atoms with Crippen LogP contribution in [0.15, 0.2) is 66.7 Å². The summed E-state index contributed by atoms with van der Waals surface area (Å²) in [6.45, 7) is 3.92. The van der Waals surface area contributed by atoms with Crippen LogP contribution < -0.4 is 20.9 Å². The Morgan fingerprint density at radius 3 is 2.26 bits per heavy atom. The van der Waals surface area contributed by atoms with Crippen molar-refractivity contribution in [1.29, 1.82) is 0 Å². The van der Waals surface area contributed by atoms with E-state index in [0.717, 1.165) is 31.9 Å². The number of hydrogen-bond donors (Lipinski definition) is 3. The van der Waals surface area contributed by atoms with Gasteiger partial charge in [0.15, 0.2) is 0 Å². The first-order valence-corrected chi connectivity index (χ1v) is 13.6. The normalized spacial score (nSPS) is 16.3. The molecule has 11 heteroatoms. The Labute approximate surface area is 243 Å². The van der Waals surface area contributed by atoms with Gasteiger partial charge in [-0.3, -0.25) is 19.8 Å². The number of hydrogen-bond acceptors (Lipinski definition) is 7. The third kappa shape index (κ3) is 6.42. The molecule has 42 heavy (non-hydrogen) atoms. The van der Waals surface area contributed by atoms with Crippen LogP contribution in [-0.4, -0.2) is 81.6 Å². The van der Waals surface area contributed by atoms with Gasteiger partial charge in [0.25, 0.3) is 5.91 Å². The molecule has 0 spiro atoms. The van der Waals surface area contributed by atoms with Crippen LogP contribution in [0.25, 0.3) is 11.3 Å². The van der Waals surface area contributed by atoms with Crippen molar-refractivity contribution >= 4 is 51.9 Å². The number of anilines is 4. The molecular formula is C31H33FN6O4. The molecule has 10 nitrogen and oxygen atoms in total. The zero-order chi connectivity index (χ0) is 29.8. The first-order chi connectivity index (χ1) is 20.2. The van der Waals surface area contributed by atoms with Crippen LogP contribution in [0.1, 0.15) is 11.1 Å². The van der Waals surface area contributed by atoms with E-state index in [9.17, 15) is 18.8 Å². The van der Waals surface area contributed by atoms with Crippen LogP contribution >= 0.6 is 0 Å². The summed E-state index contributed by atoms with van der Waals surface area (Å²) in [5.74, 6) is -0.883. The fourth-order valence-corrected chi connectivity index (χ4v) is 5.07. The summed E-state index contributed by atoms with van der Waals surface area (Å²) in [5, 5.41) is 8.35. The van der Waals surface area contributed by atoms with Crippen molar-refractivity contribution in [2.24, 2.45) is 0 Å². The van der Waals surface area contributed by atoms with E-state index in [-0.39, 0.29) is 11.8 Å². The standard InChI is InChI=1S/C31H33FN6O4/c1-36-14-16-38(17-15-36)19-27(39)33-22-9-11-24(12-10-22)37(2)29(20-4-7-23(8-5-20)34-31(41)42-3)28-25-13-6-21(32)18-26(25)35-30(28)40/h4-13,18H,14-17,19H2,1-3H3,(H,33,39)(H,34,41)(H,35,40). The highest BCUT2D eigenvalue weighted by atomic mass is 19.1.